The molecule has 0 aromatic heterocycles. The van der Waals surface area contributed by atoms with E-state index in [-0.39, 0.29) is 0 Å². The third-order valence-electron chi connectivity index (χ3n) is 3.62. The molecule has 1 atom stereocenters. The second kappa shape index (κ2) is 3.88. The number of nitrogens with two attached hydrogens (primary N) is 1. The van der Waals surface area contributed by atoms with Gasteiger partial charge in [0.15, 0.2) is 0 Å². The first-order chi connectivity index (χ1) is 6.73. The molecular formula is C11H19N3. The maximum Gasteiger partial charge on any atom is 0.117 e. The lowest BCUT2D eigenvalue weighted by Crippen LogP contribution is -2.55. The van der Waals surface area contributed by atoms with Gasteiger partial charge in [-0.15, -0.1) is 0 Å². The van der Waals surface area contributed by atoms with Crippen molar-refractivity contribution < 1.29 is 0 Å². The average molecular weight is 193 g/mol. The van der Waals surface area contributed by atoms with Crippen LogP contribution in [0.3, 0.4) is 0 Å². The Balaban J connectivity index is 1.97. The summed E-state index contributed by atoms with van der Waals surface area (Å²) in [5, 5.41) is 9.01. The van der Waals surface area contributed by atoms with Gasteiger partial charge in [-0.3, -0.25) is 4.90 Å². The van der Waals surface area contributed by atoms with E-state index in [0.717, 1.165) is 25.9 Å². The maximum atomic E-state index is 9.01. The van der Waals surface area contributed by atoms with E-state index in [1.165, 1.54) is 25.7 Å². The molecule has 0 spiro atoms. The van der Waals surface area contributed by atoms with Crippen LogP contribution in [0.1, 0.15) is 38.5 Å². The van der Waals surface area contributed by atoms with Crippen LogP contribution in [0.15, 0.2) is 0 Å². The SMILES string of the molecule is N#CC1(N)CCCN(C2CCCC2)C1. The Morgan fingerprint density at radius 3 is 2.64 bits per heavy atom. The number of likely N-dealkylation sites (tertiary alicyclic amines) is 1. The fraction of sp³-hybridized carbons (Fsp3) is 0.909. The molecule has 1 heterocycles. The van der Waals surface area contributed by atoms with Crippen molar-refractivity contribution in [1.29, 1.82) is 5.26 Å². The molecule has 3 nitrogen and oxygen atoms in total. The summed E-state index contributed by atoms with van der Waals surface area (Å²) in [6.45, 7) is 1.93. The number of rotatable bonds is 1. The monoisotopic (exact) mass is 193 g/mol. The van der Waals surface area contributed by atoms with Crippen molar-refractivity contribution in [2.45, 2.75) is 50.1 Å². The topological polar surface area (TPSA) is 53.1 Å². The summed E-state index contributed by atoms with van der Waals surface area (Å²) in [6, 6.07) is 2.98. The highest BCUT2D eigenvalue weighted by Gasteiger charge is 2.35. The molecule has 0 amide bonds. The molecule has 0 radical (unpaired) electrons. The van der Waals surface area contributed by atoms with Crippen LogP contribution in [0.4, 0.5) is 0 Å². The lowest BCUT2D eigenvalue weighted by molar-refractivity contribution is 0.129. The minimum absolute atomic E-state index is 0.569. The van der Waals surface area contributed by atoms with Crippen molar-refractivity contribution in [2.24, 2.45) is 5.73 Å². The molecule has 0 aromatic carbocycles. The Morgan fingerprint density at radius 2 is 2.00 bits per heavy atom. The van der Waals surface area contributed by atoms with Crippen LogP contribution >= 0.6 is 0 Å². The second-order valence-corrected chi connectivity index (χ2v) is 4.78. The Morgan fingerprint density at radius 1 is 1.29 bits per heavy atom. The van der Waals surface area contributed by atoms with E-state index in [4.69, 9.17) is 11.0 Å². The first kappa shape index (κ1) is 9.95. The predicted molar refractivity (Wildman–Crippen MR) is 55.6 cm³/mol. The van der Waals surface area contributed by atoms with Crippen LogP contribution in [-0.2, 0) is 0 Å². The third-order valence-corrected chi connectivity index (χ3v) is 3.62. The lowest BCUT2D eigenvalue weighted by Gasteiger charge is -2.39. The van der Waals surface area contributed by atoms with E-state index < -0.39 is 5.54 Å². The van der Waals surface area contributed by atoms with Crippen molar-refractivity contribution in [3.8, 4) is 6.07 Å². The molecular weight excluding hydrogens is 174 g/mol. The normalized spacial score (nSPS) is 35.7. The smallest absolute Gasteiger partial charge is 0.117 e. The van der Waals surface area contributed by atoms with Gasteiger partial charge in [-0.1, -0.05) is 12.8 Å². The number of piperidine rings is 1. The van der Waals surface area contributed by atoms with Gasteiger partial charge in [0.05, 0.1) is 6.07 Å². The molecule has 2 aliphatic rings. The molecule has 14 heavy (non-hydrogen) atoms. The van der Waals surface area contributed by atoms with Crippen LogP contribution in [-0.4, -0.2) is 29.6 Å². The van der Waals surface area contributed by atoms with Gasteiger partial charge in [-0.2, -0.15) is 5.26 Å². The minimum atomic E-state index is -0.569. The predicted octanol–water partition coefficient (Wildman–Crippen LogP) is 1.25. The van der Waals surface area contributed by atoms with Gasteiger partial charge in [-0.25, -0.2) is 0 Å². The molecule has 78 valence electrons. The number of nitrogens with zero attached hydrogens (tertiary/aromatic N) is 2. The Bertz CT molecular complexity index is 239. The van der Waals surface area contributed by atoms with Crippen molar-refractivity contribution in [2.75, 3.05) is 13.1 Å². The molecule has 1 unspecified atom stereocenters. The molecule has 2 fully saturated rings. The summed E-state index contributed by atoms with van der Waals surface area (Å²) in [5.41, 5.74) is 5.44. The van der Waals surface area contributed by atoms with E-state index in [9.17, 15) is 0 Å². The summed E-state index contributed by atoms with van der Waals surface area (Å²) in [6.07, 6.45) is 7.27. The molecule has 1 aliphatic carbocycles. The van der Waals surface area contributed by atoms with Gasteiger partial charge in [-0.05, 0) is 32.2 Å². The molecule has 0 aromatic rings. The van der Waals surface area contributed by atoms with E-state index in [1.807, 2.05) is 0 Å². The molecule has 2 N–H and O–H groups in total. The van der Waals surface area contributed by atoms with Crippen LogP contribution in [0.25, 0.3) is 0 Å². The van der Waals surface area contributed by atoms with Gasteiger partial charge in [0, 0.05) is 12.6 Å². The standard InChI is InChI=1S/C11H19N3/c12-8-11(13)6-3-7-14(9-11)10-4-1-2-5-10/h10H,1-7,9,13H2. The Kier molecular flexibility index (Phi) is 2.76. The van der Waals surface area contributed by atoms with E-state index in [1.54, 1.807) is 0 Å². The molecule has 3 heteroatoms. The number of nitriles is 1. The van der Waals surface area contributed by atoms with E-state index in [2.05, 4.69) is 11.0 Å². The molecule has 2 rings (SSSR count). The average Bonchev–Trinajstić information content (AvgIpc) is 2.71. The van der Waals surface area contributed by atoms with Gasteiger partial charge in [0.1, 0.15) is 5.54 Å². The third kappa shape index (κ3) is 1.92. The molecule has 1 saturated carbocycles. The van der Waals surface area contributed by atoms with Crippen LogP contribution in [0.2, 0.25) is 0 Å². The highest BCUT2D eigenvalue weighted by molar-refractivity contribution is 5.09. The van der Waals surface area contributed by atoms with Crippen molar-refractivity contribution in [3.63, 3.8) is 0 Å². The maximum absolute atomic E-state index is 9.01. The van der Waals surface area contributed by atoms with Crippen LogP contribution in [0, 0.1) is 11.3 Å². The summed E-state index contributed by atoms with van der Waals surface area (Å²) < 4.78 is 0. The van der Waals surface area contributed by atoms with E-state index in [0.29, 0.717) is 6.04 Å². The Labute approximate surface area is 85.9 Å². The summed E-state index contributed by atoms with van der Waals surface area (Å²) in [5.74, 6) is 0. The first-order valence-corrected chi connectivity index (χ1v) is 5.68. The number of hydrogen-bond donors (Lipinski definition) is 1. The van der Waals surface area contributed by atoms with Crippen LogP contribution in [0.5, 0.6) is 0 Å². The lowest BCUT2D eigenvalue weighted by atomic mass is 9.90. The zero-order chi connectivity index (χ0) is 10.0. The van der Waals surface area contributed by atoms with Crippen molar-refractivity contribution in [1.82, 2.24) is 4.90 Å². The van der Waals surface area contributed by atoms with E-state index >= 15 is 0 Å². The van der Waals surface area contributed by atoms with Gasteiger partial charge >= 0.3 is 0 Å². The molecule has 1 saturated heterocycles. The Hall–Kier alpha value is -0.590. The zero-order valence-electron chi connectivity index (χ0n) is 8.71. The highest BCUT2D eigenvalue weighted by Crippen LogP contribution is 2.28. The van der Waals surface area contributed by atoms with Gasteiger partial charge < -0.3 is 5.73 Å². The minimum Gasteiger partial charge on any atom is -0.312 e. The highest BCUT2D eigenvalue weighted by atomic mass is 15.2. The first-order valence-electron chi connectivity index (χ1n) is 5.68. The quantitative estimate of drug-likeness (QED) is 0.682. The summed E-state index contributed by atoms with van der Waals surface area (Å²) in [4.78, 5) is 2.44. The summed E-state index contributed by atoms with van der Waals surface area (Å²) in [7, 11) is 0. The molecule has 1 aliphatic heterocycles. The van der Waals surface area contributed by atoms with Crippen molar-refractivity contribution >= 4 is 0 Å². The summed E-state index contributed by atoms with van der Waals surface area (Å²) >= 11 is 0. The molecule has 0 bridgehead atoms. The fourth-order valence-corrected chi connectivity index (χ4v) is 2.79. The van der Waals surface area contributed by atoms with Gasteiger partial charge in [0.2, 0.25) is 0 Å². The number of hydrogen-bond acceptors (Lipinski definition) is 3. The zero-order valence-corrected chi connectivity index (χ0v) is 8.71. The largest absolute Gasteiger partial charge is 0.312 e. The van der Waals surface area contributed by atoms with Crippen LogP contribution < -0.4 is 5.73 Å². The van der Waals surface area contributed by atoms with Crippen molar-refractivity contribution in [3.05, 3.63) is 0 Å². The fourth-order valence-electron chi connectivity index (χ4n) is 2.79. The van der Waals surface area contributed by atoms with Gasteiger partial charge in [0.25, 0.3) is 0 Å². The second-order valence-electron chi connectivity index (χ2n) is 4.78.